The third kappa shape index (κ3) is 1.05. The van der Waals surface area contributed by atoms with Gasteiger partial charge >= 0.3 is 0 Å². The molecule has 0 radical (unpaired) electrons. The molecule has 2 rings (SSSR count). The molecule has 0 aromatic rings. The minimum Gasteiger partial charge on any atom is -0.289 e. The molecule has 58 valence electrons. The Labute approximate surface area is 66.8 Å². The van der Waals surface area contributed by atoms with E-state index in [-0.39, 0.29) is 5.78 Å². The first-order valence-electron chi connectivity index (χ1n) is 4.10. The van der Waals surface area contributed by atoms with E-state index in [0.29, 0.717) is 11.8 Å². The zero-order valence-corrected chi connectivity index (χ0v) is 6.92. The van der Waals surface area contributed by atoms with Crippen molar-refractivity contribution >= 4 is 5.78 Å². The molecule has 0 N–H and O–H groups in total. The number of hydrogen-bond acceptors (Lipinski definition) is 1. The van der Waals surface area contributed by atoms with Gasteiger partial charge in [-0.1, -0.05) is 12.2 Å². The first-order valence-corrected chi connectivity index (χ1v) is 4.10. The number of rotatable bonds is 0. The van der Waals surface area contributed by atoms with Gasteiger partial charge in [0.15, 0.2) is 5.78 Å². The maximum atomic E-state index is 11.4. The highest BCUT2D eigenvalue weighted by atomic mass is 16.1. The molecule has 11 heavy (non-hydrogen) atoms. The van der Waals surface area contributed by atoms with E-state index in [1.807, 2.05) is 13.8 Å². The van der Waals surface area contributed by atoms with Gasteiger partial charge in [-0.3, -0.25) is 4.79 Å². The third-order valence-corrected chi connectivity index (χ3v) is 2.54. The predicted molar refractivity (Wildman–Crippen MR) is 44.1 cm³/mol. The molecule has 1 saturated carbocycles. The van der Waals surface area contributed by atoms with Crippen LogP contribution in [0.25, 0.3) is 0 Å². The minimum atomic E-state index is 0.234. The lowest BCUT2D eigenvalue weighted by atomic mass is 10.1. The van der Waals surface area contributed by atoms with E-state index < -0.39 is 0 Å². The van der Waals surface area contributed by atoms with Gasteiger partial charge in [0.2, 0.25) is 0 Å². The molecule has 0 aromatic carbocycles. The summed E-state index contributed by atoms with van der Waals surface area (Å²) < 4.78 is 0. The second kappa shape index (κ2) is 2.07. The van der Waals surface area contributed by atoms with Crippen molar-refractivity contribution in [2.24, 2.45) is 11.8 Å². The molecule has 1 nitrogen and oxygen atoms in total. The van der Waals surface area contributed by atoms with E-state index >= 15 is 0 Å². The summed E-state index contributed by atoms with van der Waals surface area (Å²) in [7, 11) is 0. The van der Waals surface area contributed by atoms with Crippen molar-refractivity contribution in [1.29, 1.82) is 0 Å². The number of allylic oxidation sites excluding steroid dienone is 4. The molecule has 1 fully saturated rings. The fourth-order valence-corrected chi connectivity index (χ4v) is 1.72. The molecule has 2 aliphatic rings. The van der Waals surface area contributed by atoms with Gasteiger partial charge < -0.3 is 0 Å². The predicted octanol–water partition coefficient (Wildman–Crippen LogP) is 2.10. The van der Waals surface area contributed by atoms with Gasteiger partial charge in [-0.25, -0.2) is 0 Å². The van der Waals surface area contributed by atoms with Crippen LogP contribution in [0.15, 0.2) is 23.3 Å². The Hall–Kier alpha value is -0.850. The Kier molecular flexibility index (Phi) is 1.28. The molecule has 0 saturated heterocycles. The number of ketones is 1. The number of carbonyl (C=O) groups is 1. The average molecular weight is 148 g/mol. The molecule has 1 heteroatoms. The van der Waals surface area contributed by atoms with E-state index in [1.165, 1.54) is 6.42 Å². The Morgan fingerprint density at radius 3 is 2.09 bits per heavy atom. The summed E-state index contributed by atoms with van der Waals surface area (Å²) in [5, 5.41) is 0. The molecule has 0 heterocycles. The molecule has 2 aliphatic carbocycles. The monoisotopic (exact) mass is 148 g/mol. The second-order valence-corrected chi connectivity index (χ2v) is 3.59. The van der Waals surface area contributed by atoms with Crippen molar-refractivity contribution in [3.63, 3.8) is 0 Å². The van der Waals surface area contributed by atoms with Crippen LogP contribution in [-0.2, 0) is 4.79 Å². The second-order valence-electron chi connectivity index (χ2n) is 3.59. The Morgan fingerprint density at radius 1 is 1.18 bits per heavy atom. The molecular weight excluding hydrogens is 136 g/mol. The number of fused-ring (bicyclic) bond motifs is 1. The molecule has 0 aromatic heterocycles. The van der Waals surface area contributed by atoms with Crippen LogP contribution in [0.5, 0.6) is 0 Å². The number of hydrogen-bond donors (Lipinski definition) is 0. The quantitative estimate of drug-likeness (QED) is 0.514. The molecule has 0 bridgehead atoms. The highest BCUT2D eigenvalue weighted by Crippen LogP contribution is 2.44. The minimum absolute atomic E-state index is 0.234. The lowest BCUT2D eigenvalue weighted by molar-refractivity contribution is -0.112. The number of Topliss-reactive ketones (excluding diaryl/α,β-unsaturated/α-hetero) is 1. The van der Waals surface area contributed by atoms with Gasteiger partial charge in [-0.2, -0.15) is 0 Å². The highest BCUT2D eigenvalue weighted by molar-refractivity contribution is 6.07. The summed E-state index contributed by atoms with van der Waals surface area (Å²) in [6, 6.07) is 0. The topological polar surface area (TPSA) is 17.1 Å². The van der Waals surface area contributed by atoms with E-state index in [2.05, 4.69) is 12.2 Å². The van der Waals surface area contributed by atoms with Crippen molar-refractivity contribution in [1.82, 2.24) is 0 Å². The summed E-state index contributed by atoms with van der Waals surface area (Å²) >= 11 is 0. The van der Waals surface area contributed by atoms with Crippen LogP contribution in [0.1, 0.15) is 20.3 Å². The van der Waals surface area contributed by atoms with Crippen LogP contribution in [0.2, 0.25) is 0 Å². The first-order chi connectivity index (χ1) is 5.18. The van der Waals surface area contributed by atoms with Gasteiger partial charge in [0.25, 0.3) is 0 Å². The van der Waals surface area contributed by atoms with Crippen LogP contribution in [0.4, 0.5) is 0 Å². The van der Waals surface area contributed by atoms with Crippen molar-refractivity contribution in [2.75, 3.05) is 0 Å². The van der Waals surface area contributed by atoms with Crippen LogP contribution in [0, 0.1) is 11.8 Å². The van der Waals surface area contributed by atoms with E-state index in [0.717, 1.165) is 11.1 Å². The summed E-state index contributed by atoms with van der Waals surface area (Å²) in [6.07, 6.45) is 5.50. The fourth-order valence-electron chi connectivity index (χ4n) is 1.72. The molecule has 0 spiro atoms. The smallest absolute Gasteiger partial charge is 0.183 e. The van der Waals surface area contributed by atoms with Crippen LogP contribution < -0.4 is 0 Å². The Morgan fingerprint density at radius 2 is 1.64 bits per heavy atom. The van der Waals surface area contributed by atoms with Crippen molar-refractivity contribution in [3.8, 4) is 0 Å². The number of carbonyl (C=O) groups excluding carboxylic acids is 1. The molecular formula is C10H12O. The maximum Gasteiger partial charge on any atom is 0.183 e. The summed E-state index contributed by atoms with van der Waals surface area (Å²) in [6.45, 7) is 3.83. The summed E-state index contributed by atoms with van der Waals surface area (Å²) in [5.74, 6) is 1.59. The lowest BCUT2D eigenvalue weighted by Gasteiger charge is -1.97. The van der Waals surface area contributed by atoms with Gasteiger partial charge in [0, 0.05) is 0 Å². The standard InChI is InChI=1S/C10H12O/c1-6-3-8-5-9(8)4-7(2)10(6)11/h3-4,8-9H,5H2,1-2H3. The molecule has 0 aliphatic heterocycles. The Bertz CT molecular complexity index is 245. The molecule has 2 unspecified atom stereocenters. The average Bonchev–Trinajstić information content (AvgIpc) is 2.65. The van der Waals surface area contributed by atoms with Crippen molar-refractivity contribution in [2.45, 2.75) is 20.3 Å². The first kappa shape index (κ1) is 6.84. The fraction of sp³-hybridized carbons (Fsp3) is 0.500. The van der Waals surface area contributed by atoms with Crippen LogP contribution in [-0.4, -0.2) is 5.78 Å². The van der Waals surface area contributed by atoms with E-state index in [4.69, 9.17) is 0 Å². The summed E-state index contributed by atoms with van der Waals surface area (Å²) in [5.41, 5.74) is 1.87. The van der Waals surface area contributed by atoms with Crippen LogP contribution in [0.3, 0.4) is 0 Å². The van der Waals surface area contributed by atoms with E-state index in [1.54, 1.807) is 0 Å². The normalized spacial score (nSPS) is 35.3. The molecule has 2 atom stereocenters. The maximum absolute atomic E-state index is 11.4. The lowest BCUT2D eigenvalue weighted by Crippen LogP contribution is -1.99. The largest absolute Gasteiger partial charge is 0.289 e. The van der Waals surface area contributed by atoms with Gasteiger partial charge in [-0.05, 0) is 43.3 Å². The van der Waals surface area contributed by atoms with Crippen molar-refractivity contribution < 1.29 is 4.79 Å². The zero-order valence-electron chi connectivity index (χ0n) is 6.92. The van der Waals surface area contributed by atoms with E-state index in [9.17, 15) is 4.79 Å². The SMILES string of the molecule is CC1=CC2CC2C=C(C)C1=O. The zero-order chi connectivity index (χ0) is 8.01. The Balaban J connectivity index is 2.38. The third-order valence-electron chi connectivity index (χ3n) is 2.54. The highest BCUT2D eigenvalue weighted by Gasteiger charge is 2.36. The molecule has 0 amide bonds. The van der Waals surface area contributed by atoms with Crippen molar-refractivity contribution in [3.05, 3.63) is 23.3 Å². The van der Waals surface area contributed by atoms with Gasteiger partial charge in [0.1, 0.15) is 0 Å². The summed E-state index contributed by atoms with van der Waals surface area (Å²) in [4.78, 5) is 11.4. The van der Waals surface area contributed by atoms with Gasteiger partial charge in [-0.15, -0.1) is 0 Å². The van der Waals surface area contributed by atoms with Crippen LogP contribution >= 0.6 is 0 Å². The van der Waals surface area contributed by atoms with Gasteiger partial charge in [0.05, 0.1) is 0 Å².